The van der Waals surface area contributed by atoms with Gasteiger partial charge in [0, 0.05) is 13.1 Å². The zero-order valence-electron chi connectivity index (χ0n) is 12.5. The van der Waals surface area contributed by atoms with Crippen LogP contribution in [0.2, 0.25) is 0 Å². The molecule has 0 aromatic carbocycles. The second-order valence-corrected chi connectivity index (χ2v) is 6.69. The van der Waals surface area contributed by atoms with E-state index in [1.54, 1.807) is 6.08 Å². The molecule has 2 heterocycles. The lowest BCUT2D eigenvalue weighted by Crippen LogP contribution is -2.34. The van der Waals surface area contributed by atoms with Crippen molar-refractivity contribution >= 4 is 5.91 Å². The van der Waals surface area contributed by atoms with Gasteiger partial charge in [0.1, 0.15) is 0 Å². The van der Waals surface area contributed by atoms with Crippen LogP contribution in [0.1, 0.15) is 46.0 Å². The summed E-state index contributed by atoms with van der Waals surface area (Å²) in [7, 11) is 0. The molecule has 0 aromatic heterocycles. The normalized spacial score (nSPS) is 36.5. The number of carbonyl (C=O) groups excluding carboxylic acids is 1. The fraction of sp³-hybridized carbons (Fsp3) is 0.812. The second-order valence-electron chi connectivity index (χ2n) is 6.69. The maximum absolute atomic E-state index is 12.1. The Morgan fingerprint density at radius 2 is 1.70 bits per heavy atom. The Kier molecular flexibility index (Phi) is 3.87. The number of ether oxygens (including phenoxy) is 2. The molecule has 1 aliphatic carbocycles. The molecule has 2 saturated heterocycles. The summed E-state index contributed by atoms with van der Waals surface area (Å²) in [5.41, 5.74) is 0. The Balaban J connectivity index is 1.50. The van der Waals surface area contributed by atoms with E-state index >= 15 is 0 Å². The quantitative estimate of drug-likeness (QED) is 0.729. The van der Waals surface area contributed by atoms with Crippen molar-refractivity contribution in [3.8, 4) is 0 Å². The molecule has 3 fully saturated rings. The van der Waals surface area contributed by atoms with Crippen molar-refractivity contribution in [1.82, 2.24) is 4.90 Å². The molecule has 1 saturated carbocycles. The van der Waals surface area contributed by atoms with Crippen molar-refractivity contribution in [2.75, 3.05) is 13.1 Å². The molecular formula is C16H25NO3. The molecule has 4 heteroatoms. The van der Waals surface area contributed by atoms with E-state index in [1.165, 1.54) is 6.42 Å². The SMILES string of the molecule is CC1(C)O[C@H]2CC(/C=C/C(=O)N3CCCCC3)C[C@H]2O1. The van der Waals surface area contributed by atoms with E-state index in [4.69, 9.17) is 9.47 Å². The van der Waals surface area contributed by atoms with Crippen LogP contribution in [0.4, 0.5) is 0 Å². The van der Waals surface area contributed by atoms with Gasteiger partial charge in [0.05, 0.1) is 12.2 Å². The van der Waals surface area contributed by atoms with Gasteiger partial charge in [0.15, 0.2) is 5.79 Å². The van der Waals surface area contributed by atoms with Crippen LogP contribution in [0.15, 0.2) is 12.2 Å². The average Bonchev–Trinajstić information content (AvgIpc) is 2.90. The number of piperidine rings is 1. The van der Waals surface area contributed by atoms with Crippen LogP contribution in [0, 0.1) is 5.92 Å². The number of hydrogen-bond acceptors (Lipinski definition) is 3. The van der Waals surface area contributed by atoms with Gasteiger partial charge in [-0.1, -0.05) is 6.08 Å². The van der Waals surface area contributed by atoms with Crippen LogP contribution in [-0.4, -0.2) is 41.9 Å². The number of amides is 1. The first-order valence-corrected chi connectivity index (χ1v) is 7.86. The van der Waals surface area contributed by atoms with Crippen molar-refractivity contribution in [3.05, 3.63) is 12.2 Å². The van der Waals surface area contributed by atoms with E-state index in [9.17, 15) is 4.79 Å². The minimum Gasteiger partial charge on any atom is -0.345 e. The highest BCUT2D eigenvalue weighted by Crippen LogP contribution is 2.41. The first-order valence-electron chi connectivity index (χ1n) is 7.86. The second kappa shape index (κ2) is 5.49. The predicted molar refractivity (Wildman–Crippen MR) is 76.1 cm³/mol. The third-order valence-electron chi connectivity index (χ3n) is 4.53. The van der Waals surface area contributed by atoms with Crippen LogP contribution >= 0.6 is 0 Å². The van der Waals surface area contributed by atoms with Gasteiger partial charge in [-0.15, -0.1) is 0 Å². The summed E-state index contributed by atoms with van der Waals surface area (Å²) in [5, 5.41) is 0. The molecule has 20 heavy (non-hydrogen) atoms. The molecule has 0 spiro atoms. The molecule has 2 aliphatic heterocycles. The Bertz CT molecular complexity index is 383. The highest BCUT2D eigenvalue weighted by atomic mass is 16.8. The van der Waals surface area contributed by atoms with E-state index in [0.29, 0.717) is 5.92 Å². The number of allylic oxidation sites excluding steroid dienone is 1. The van der Waals surface area contributed by atoms with Gasteiger partial charge in [0.25, 0.3) is 0 Å². The molecule has 0 radical (unpaired) electrons. The Hall–Kier alpha value is -0.870. The summed E-state index contributed by atoms with van der Waals surface area (Å²) < 4.78 is 11.7. The van der Waals surface area contributed by atoms with Crippen LogP contribution in [0.3, 0.4) is 0 Å². The first kappa shape index (κ1) is 14.1. The molecule has 1 unspecified atom stereocenters. The molecule has 0 bridgehead atoms. The molecule has 3 aliphatic rings. The minimum absolute atomic E-state index is 0.170. The average molecular weight is 279 g/mol. The van der Waals surface area contributed by atoms with E-state index in [-0.39, 0.29) is 18.1 Å². The number of rotatable bonds is 2. The van der Waals surface area contributed by atoms with Gasteiger partial charge in [-0.05, 0) is 57.9 Å². The largest absolute Gasteiger partial charge is 0.345 e. The highest BCUT2D eigenvalue weighted by Gasteiger charge is 2.46. The summed E-state index contributed by atoms with van der Waals surface area (Å²) in [6, 6.07) is 0. The van der Waals surface area contributed by atoms with Gasteiger partial charge in [-0.3, -0.25) is 4.79 Å². The fourth-order valence-corrected chi connectivity index (χ4v) is 3.60. The summed E-state index contributed by atoms with van der Waals surface area (Å²) in [5.74, 6) is 0.145. The molecule has 112 valence electrons. The zero-order valence-corrected chi connectivity index (χ0v) is 12.5. The van der Waals surface area contributed by atoms with E-state index in [0.717, 1.165) is 38.8 Å². The summed E-state index contributed by atoms with van der Waals surface area (Å²) in [6.45, 7) is 5.77. The smallest absolute Gasteiger partial charge is 0.246 e. The third-order valence-corrected chi connectivity index (χ3v) is 4.53. The topological polar surface area (TPSA) is 38.8 Å². The lowest BCUT2D eigenvalue weighted by Gasteiger charge is -2.25. The van der Waals surface area contributed by atoms with Crippen molar-refractivity contribution in [2.45, 2.75) is 63.9 Å². The zero-order chi connectivity index (χ0) is 14.2. The number of likely N-dealkylation sites (tertiary alicyclic amines) is 1. The maximum atomic E-state index is 12.1. The maximum Gasteiger partial charge on any atom is 0.246 e. The number of carbonyl (C=O) groups is 1. The molecule has 0 N–H and O–H groups in total. The molecule has 1 amide bonds. The summed E-state index contributed by atoms with van der Waals surface area (Å²) in [4.78, 5) is 14.0. The number of fused-ring (bicyclic) bond motifs is 1. The van der Waals surface area contributed by atoms with Crippen LogP contribution in [0.5, 0.6) is 0 Å². The van der Waals surface area contributed by atoms with Crippen molar-refractivity contribution in [2.24, 2.45) is 5.92 Å². The van der Waals surface area contributed by atoms with Gasteiger partial charge in [0.2, 0.25) is 5.91 Å². The third kappa shape index (κ3) is 3.07. The van der Waals surface area contributed by atoms with Crippen LogP contribution in [0.25, 0.3) is 0 Å². The Morgan fingerprint density at radius 3 is 2.30 bits per heavy atom. The van der Waals surface area contributed by atoms with Crippen molar-refractivity contribution < 1.29 is 14.3 Å². The first-order chi connectivity index (χ1) is 9.53. The number of nitrogens with zero attached hydrogens (tertiary/aromatic N) is 1. The molecule has 3 rings (SSSR count). The van der Waals surface area contributed by atoms with Crippen molar-refractivity contribution in [3.63, 3.8) is 0 Å². The van der Waals surface area contributed by atoms with Crippen molar-refractivity contribution in [1.29, 1.82) is 0 Å². The molecule has 3 atom stereocenters. The van der Waals surface area contributed by atoms with Gasteiger partial charge in [-0.2, -0.15) is 0 Å². The van der Waals surface area contributed by atoms with Gasteiger partial charge >= 0.3 is 0 Å². The summed E-state index contributed by atoms with van der Waals surface area (Å²) >= 11 is 0. The van der Waals surface area contributed by atoms with Crippen LogP contribution < -0.4 is 0 Å². The molecule has 0 aromatic rings. The van der Waals surface area contributed by atoms with E-state index in [1.807, 2.05) is 18.7 Å². The van der Waals surface area contributed by atoms with Gasteiger partial charge in [-0.25, -0.2) is 0 Å². The van der Waals surface area contributed by atoms with E-state index in [2.05, 4.69) is 6.08 Å². The summed E-state index contributed by atoms with van der Waals surface area (Å²) in [6.07, 6.45) is 9.71. The standard InChI is InChI=1S/C16H25NO3/c1-16(2)19-13-10-12(11-14(13)20-16)6-7-15(18)17-8-4-3-5-9-17/h6-7,12-14H,3-5,8-11H2,1-2H3/b7-6+/t12?,13-,14+. The lowest BCUT2D eigenvalue weighted by molar-refractivity contribution is -0.152. The number of hydrogen-bond donors (Lipinski definition) is 0. The highest BCUT2D eigenvalue weighted by molar-refractivity contribution is 5.87. The Morgan fingerprint density at radius 1 is 1.10 bits per heavy atom. The van der Waals surface area contributed by atoms with Gasteiger partial charge < -0.3 is 14.4 Å². The molecular weight excluding hydrogens is 254 g/mol. The van der Waals surface area contributed by atoms with Crippen LogP contribution in [-0.2, 0) is 14.3 Å². The fourth-order valence-electron chi connectivity index (χ4n) is 3.60. The van der Waals surface area contributed by atoms with E-state index < -0.39 is 5.79 Å². The molecule has 4 nitrogen and oxygen atoms in total. The monoisotopic (exact) mass is 279 g/mol. The minimum atomic E-state index is -0.437. The predicted octanol–water partition coefficient (Wildman–Crippen LogP) is 2.49. The lowest BCUT2D eigenvalue weighted by atomic mass is 10.1. The Labute approximate surface area is 121 Å².